The minimum atomic E-state index is -0.104. The lowest BCUT2D eigenvalue weighted by Crippen LogP contribution is -2.41. The highest BCUT2D eigenvalue weighted by Gasteiger charge is 2.17. The third-order valence-electron chi connectivity index (χ3n) is 3.98. The number of hydrogen-bond acceptors (Lipinski definition) is 3. The molecule has 1 N–H and O–H groups in total. The Bertz CT molecular complexity index is 520. The van der Waals surface area contributed by atoms with E-state index in [0.29, 0.717) is 45.8 Å². The molecular weight excluding hydrogens is 294 g/mol. The molecule has 0 aliphatic carbocycles. The predicted molar refractivity (Wildman–Crippen MR) is 89.5 cm³/mol. The zero-order valence-electron chi connectivity index (χ0n) is 13.9. The number of morpholine rings is 1. The van der Waals surface area contributed by atoms with E-state index in [4.69, 9.17) is 4.74 Å². The van der Waals surface area contributed by atoms with Crippen LogP contribution in [0.5, 0.6) is 0 Å². The molecule has 0 atom stereocenters. The normalized spacial score (nSPS) is 14.4. The van der Waals surface area contributed by atoms with Crippen LogP contribution in [0.25, 0.3) is 0 Å². The molecule has 0 unspecified atom stereocenters. The van der Waals surface area contributed by atoms with Crippen LogP contribution in [0.2, 0.25) is 0 Å². The molecule has 1 fully saturated rings. The van der Waals surface area contributed by atoms with Crippen LogP contribution in [0.1, 0.15) is 19.4 Å². The second-order valence-electron chi connectivity index (χ2n) is 5.47. The maximum Gasteiger partial charge on any atom is 0.321 e. The molecule has 6 nitrogen and oxygen atoms in total. The standard InChI is InChI=1S/C17H25N3O3/c1-3-19(4-2)17(22)18-15-7-5-14(6-8-15)13-16(21)20-9-11-23-12-10-20/h5-8H,3-4,9-13H2,1-2H3,(H,18,22). The zero-order valence-corrected chi connectivity index (χ0v) is 13.9. The lowest BCUT2D eigenvalue weighted by atomic mass is 10.1. The molecule has 2 rings (SSSR count). The molecule has 3 amide bonds. The molecule has 1 aliphatic rings. The molecule has 1 saturated heterocycles. The quantitative estimate of drug-likeness (QED) is 0.902. The fourth-order valence-corrected chi connectivity index (χ4v) is 2.52. The number of ether oxygens (including phenoxy) is 1. The molecule has 1 aromatic carbocycles. The molecule has 0 saturated carbocycles. The summed E-state index contributed by atoms with van der Waals surface area (Å²) in [6.07, 6.45) is 0.379. The number of anilines is 1. The summed E-state index contributed by atoms with van der Waals surface area (Å²) in [7, 11) is 0. The first-order chi connectivity index (χ1) is 11.1. The molecule has 0 bridgehead atoms. The minimum absolute atomic E-state index is 0.104. The summed E-state index contributed by atoms with van der Waals surface area (Å²) in [5, 5.41) is 2.86. The Balaban J connectivity index is 1.89. The van der Waals surface area contributed by atoms with Gasteiger partial charge in [-0.15, -0.1) is 0 Å². The van der Waals surface area contributed by atoms with Crippen LogP contribution in [0.4, 0.5) is 10.5 Å². The van der Waals surface area contributed by atoms with Gasteiger partial charge in [-0.05, 0) is 31.5 Å². The van der Waals surface area contributed by atoms with Crippen molar-refractivity contribution in [1.29, 1.82) is 0 Å². The van der Waals surface area contributed by atoms with Crippen molar-refractivity contribution in [1.82, 2.24) is 9.80 Å². The Morgan fingerprint density at radius 1 is 1.13 bits per heavy atom. The number of urea groups is 1. The van der Waals surface area contributed by atoms with E-state index in [0.717, 1.165) is 11.3 Å². The average Bonchev–Trinajstić information content (AvgIpc) is 2.58. The van der Waals surface area contributed by atoms with Crippen LogP contribution < -0.4 is 5.32 Å². The van der Waals surface area contributed by atoms with Crippen LogP contribution in [0.15, 0.2) is 24.3 Å². The van der Waals surface area contributed by atoms with Gasteiger partial charge in [0.25, 0.3) is 0 Å². The van der Waals surface area contributed by atoms with E-state index >= 15 is 0 Å². The maximum absolute atomic E-state index is 12.2. The fraction of sp³-hybridized carbons (Fsp3) is 0.529. The van der Waals surface area contributed by atoms with E-state index in [1.165, 1.54) is 0 Å². The number of benzene rings is 1. The molecule has 1 aliphatic heterocycles. The number of carbonyl (C=O) groups excluding carboxylic acids is 2. The number of carbonyl (C=O) groups is 2. The number of hydrogen-bond donors (Lipinski definition) is 1. The van der Waals surface area contributed by atoms with Crippen molar-refractivity contribution in [2.75, 3.05) is 44.7 Å². The van der Waals surface area contributed by atoms with Gasteiger partial charge >= 0.3 is 6.03 Å². The van der Waals surface area contributed by atoms with Crippen molar-refractivity contribution < 1.29 is 14.3 Å². The van der Waals surface area contributed by atoms with Crippen LogP contribution in [-0.4, -0.2) is 61.1 Å². The largest absolute Gasteiger partial charge is 0.378 e. The summed E-state index contributed by atoms with van der Waals surface area (Å²) >= 11 is 0. The van der Waals surface area contributed by atoms with Crippen molar-refractivity contribution in [2.45, 2.75) is 20.3 Å². The van der Waals surface area contributed by atoms with Gasteiger partial charge in [0.05, 0.1) is 19.6 Å². The number of nitrogens with one attached hydrogen (secondary N) is 1. The molecule has 0 radical (unpaired) electrons. The summed E-state index contributed by atoms with van der Waals surface area (Å²) < 4.78 is 5.25. The summed E-state index contributed by atoms with van der Waals surface area (Å²) in [4.78, 5) is 27.7. The Kier molecular flexibility index (Phi) is 6.40. The highest BCUT2D eigenvalue weighted by Crippen LogP contribution is 2.12. The van der Waals surface area contributed by atoms with E-state index in [1.807, 2.05) is 43.0 Å². The number of amides is 3. The van der Waals surface area contributed by atoms with E-state index in [1.54, 1.807) is 4.90 Å². The van der Waals surface area contributed by atoms with Gasteiger partial charge in [-0.2, -0.15) is 0 Å². The predicted octanol–water partition coefficient (Wildman–Crippen LogP) is 1.96. The fourth-order valence-electron chi connectivity index (χ4n) is 2.52. The molecule has 0 aromatic heterocycles. The van der Waals surface area contributed by atoms with E-state index in [9.17, 15) is 9.59 Å². The van der Waals surface area contributed by atoms with Crippen molar-refractivity contribution in [3.8, 4) is 0 Å². The van der Waals surface area contributed by atoms with Crippen molar-refractivity contribution >= 4 is 17.6 Å². The Morgan fingerprint density at radius 2 is 1.74 bits per heavy atom. The monoisotopic (exact) mass is 319 g/mol. The Hall–Kier alpha value is -2.08. The van der Waals surface area contributed by atoms with Gasteiger partial charge in [0, 0.05) is 31.9 Å². The summed E-state index contributed by atoms with van der Waals surface area (Å²) in [6.45, 7) is 7.80. The zero-order chi connectivity index (χ0) is 16.7. The molecule has 1 aromatic rings. The number of rotatable bonds is 5. The van der Waals surface area contributed by atoms with Crippen molar-refractivity contribution in [3.05, 3.63) is 29.8 Å². The molecular formula is C17H25N3O3. The maximum atomic E-state index is 12.2. The lowest BCUT2D eigenvalue weighted by molar-refractivity contribution is -0.134. The van der Waals surface area contributed by atoms with Gasteiger partial charge in [0.1, 0.15) is 0 Å². The number of nitrogens with zero attached hydrogens (tertiary/aromatic N) is 2. The first-order valence-electron chi connectivity index (χ1n) is 8.14. The van der Waals surface area contributed by atoms with Gasteiger partial charge in [0.2, 0.25) is 5.91 Å². The van der Waals surface area contributed by atoms with Gasteiger partial charge in [0.15, 0.2) is 0 Å². The second-order valence-corrected chi connectivity index (χ2v) is 5.47. The van der Waals surface area contributed by atoms with Crippen LogP contribution in [0, 0.1) is 0 Å². The second kappa shape index (κ2) is 8.53. The summed E-state index contributed by atoms with van der Waals surface area (Å²) in [5.74, 6) is 0.119. The van der Waals surface area contributed by atoms with Crippen LogP contribution in [-0.2, 0) is 16.0 Å². The van der Waals surface area contributed by atoms with Gasteiger partial charge in [-0.1, -0.05) is 12.1 Å². The van der Waals surface area contributed by atoms with Crippen molar-refractivity contribution in [2.24, 2.45) is 0 Å². The van der Waals surface area contributed by atoms with Crippen LogP contribution >= 0.6 is 0 Å². The molecule has 23 heavy (non-hydrogen) atoms. The third-order valence-corrected chi connectivity index (χ3v) is 3.98. The molecule has 126 valence electrons. The smallest absolute Gasteiger partial charge is 0.321 e. The van der Waals surface area contributed by atoms with Gasteiger partial charge in [-0.3, -0.25) is 4.79 Å². The topological polar surface area (TPSA) is 61.9 Å². The first-order valence-corrected chi connectivity index (χ1v) is 8.14. The van der Waals surface area contributed by atoms with E-state index in [2.05, 4.69) is 5.32 Å². The molecule has 0 spiro atoms. The van der Waals surface area contributed by atoms with Gasteiger partial charge in [-0.25, -0.2) is 4.79 Å². The summed E-state index contributed by atoms with van der Waals surface area (Å²) in [6, 6.07) is 7.34. The molecule has 1 heterocycles. The molecule has 6 heteroatoms. The lowest BCUT2D eigenvalue weighted by Gasteiger charge is -2.26. The van der Waals surface area contributed by atoms with Gasteiger partial charge < -0.3 is 19.9 Å². The first kappa shape index (κ1) is 17.3. The summed E-state index contributed by atoms with van der Waals surface area (Å²) in [5.41, 5.74) is 1.69. The average molecular weight is 319 g/mol. The Labute approximate surface area is 137 Å². The minimum Gasteiger partial charge on any atom is -0.378 e. The van der Waals surface area contributed by atoms with Crippen LogP contribution in [0.3, 0.4) is 0 Å². The van der Waals surface area contributed by atoms with Crippen molar-refractivity contribution in [3.63, 3.8) is 0 Å². The van der Waals surface area contributed by atoms with E-state index < -0.39 is 0 Å². The third kappa shape index (κ3) is 4.96. The Morgan fingerprint density at radius 3 is 2.30 bits per heavy atom. The van der Waals surface area contributed by atoms with E-state index in [-0.39, 0.29) is 11.9 Å². The highest BCUT2D eigenvalue weighted by atomic mass is 16.5. The SMILES string of the molecule is CCN(CC)C(=O)Nc1ccc(CC(=O)N2CCOCC2)cc1. The highest BCUT2D eigenvalue weighted by molar-refractivity contribution is 5.89.